The summed E-state index contributed by atoms with van der Waals surface area (Å²) in [6, 6.07) is 3.46. The zero-order chi connectivity index (χ0) is 21.3. The molecule has 28 heavy (non-hydrogen) atoms. The van der Waals surface area contributed by atoms with E-state index in [2.05, 4.69) is 0 Å². The maximum Gasteiger partial charge on any atom is 0.389 e. The van der Waals surface area contributed by atoms with Gasteiger partial charge in [0.1, 0.15) is 6.04 Å². The third-order valence-corrected chi connectivity index (χ3v) is 6.81. The van der Waals surface area contributed by atoms with E-state index >= 15 is 0 Å². The number of carbonyl (C=O) groups excluding carboxylic acids is 1. The van der Waals surface area contributed by atoms with E-state index in [0.29, 0.717) is 6.61 Å². The summed E-state index contributed by atoms with van der Waals surface area (Å²) >= 11 is 5.78. The summed E-state index contributed by atoms with van der Waals surface area (Å²) in [5.74, 6) is -1.15. The Balaban J connectivity index is 2.42. The van der Waals surface area contributed by atoms with Crippen LogP contribution in [-0.2, 0) is 19.6 Å². The minimum atomic E-state index is -4.56. The molecule has 1 fully saturated rings. The predicted molar refractivity (Wildman–Crippen MR) is 97.1 cm³/mol. The van der Waals surface area contributed by atoms with Gasteiger partial charge in [-0.3, -0.25) is 4.79 Å². The number of carbonyl (C=O) groups is 1. The number of primary amides is 1. The largest absolute Gasteiger partial charge is 0.389 e. The zero-order valence-electron chi connectivity index (χ0n) is 15.4. The van der Waals surface area contributed by atoms with E-state index in [1.54, 1.807) is 0 Å². The lowest BCUT2D eigenvalue weighted by Gasteiger charge is -2.46. The molecule has 1 aromatic carbocycles. The SMILES string of the molecule is CC1(C)CO[C@@H]1CN([C@H](CCC(F)(F)F)C(N)=O)S(=O)(=O)c1ccc(Cl)cc1. The smallest absolute Gasteiger partial charge is 0.376 e. The fourth-order valence-corrected chi connectivity index (χ4v) is 4.61. The van der Waals surface area contributed by atoms with Crippen molar-refractivity contribution in [1.29, 1.82) is 0 Å². The van der Waals surface area contributed by atoms with Crippen molar-refractivity contribution >= 4 is 27.5 Å². The van der Waals surface area contributed by atoms with Crippen LogP contribution in [0.5, 0.6) is 0 Å². The molecule has 0 aliphatic carbocycles. The molecule has 1 saturated heterocycles. The van der Waals surface area contributed by atoms with Crippen LogP contribution in [0.1, 0.15) is 26.7 Å². The molecule has 6 nitrogen and oxygen atoms in total. The highest BCUT2D eigenvalue weighted by molar-refractivity contribution is 7.89. The van der Waals surface area contributed by atoms with Crippen LogP contribution in [-0.4, -0.2) is 50.1 Å². The third kappa shape index (κ3) is 5.37. The van der Waals surface area contributed by atoms with E-state index in [1.807, 2.05) is 13.8 Å². The maximum absolute atomic E-state index is 13.1. The van der Waals surface area contributed by atoms with Gasteiger partial charge in [0.15, 0.2) is 0 Å². The minimum absolute atomic E-state index is 0.202. The molecule has 1 aliphatic heterocycles. The lowest BCUT2D eigenvalue weighted by molar-refractivity contribution is -0.174. The molecule has 2 N–H and O–H groups in total. The van der Waals surface area contributed by atoms with Crippen LogP contribution >= 0.6 is 11.6 Å². The lowest BCUT2D eigenvalue weighted by Crippen LogP contribution is -2.58. The average molecular weight is 443 g/mol. The number of nitrogens with zero attached hydrogens (tertiary/aromatic N) is 1. The van der Waals surface area contributed by atoms with E-state index in [4.69, 9.17) is 22.1 Å². The second-order valence-corrected chi connectivity index (χ2v) is 9.72. The van der Waals surface area contributed by atoms with Gasteiger partial charge >= 0.3 is 6.18 Å². The normalized spacial score (nSPS) is 20.6. The van der Waals surface area contributed by atoms with Crippen molar-refractivity contribution in [3.8, 4) is 0 Å². The Hall–Kier alpha value is -1.36. The molecular weight excluding hydrogens is 421 g/mol. The number of sulfonamides is 1. The summed E-state index contributed by atoms with van der Waals surface area (Å²) in [7, 11) is -4.32. The summed E-state index contributed by atoms with van der Waals surface area (Å²) in [4.78, 5) is 11.7. The first-order chi connectivity index (χ1) is 12.7. The third-order valence-electron chi connectivity index (χ3n) is 4.67. The Kier molecular flexibility index (Phi) is 6.69. The topological polar surface area (TPSA) is 89.7 Å². The Morgan fingerprint density at radius 1 is 1.36 bits per heavy atom. The number of hydrogen-bond donors (Lipinski definition) is 1. The van der Waals surface area contributed by atoms with Crippen LogP contribution in [0, 0.1) is 5.41 Å². The highest BCUT2D eigenvalue weighted by Gasteiger charge is 2.46. The Labute approximate surface area is 166 Å². The van der Waals surface area contributed by atoms with Gasteiger partial charge in [-0.1, -0.05) is 25.4 Å². The average Bonchev–Trinajstić information content (AvgIpc) is 2.55. The van der Waals surface area contributed by atoms with Gasteiger partial charge in [-0.15, -0.1) is 0 Å². The van der Waals surface area contributed by atoms with E-state index in [9.17, 15) is 26.4 Å². The van der Waals surface area contributed by atoms with Gasteiger partial charge in [0.05, 0.1) is 17.6 Å². The number of hydrogen-bond acceptors (Lipinski definition) is 4. The highest BCUT2D eigenvalue weighted by Crippen LogP contribution is 2.36. The summed E-state index contributed by atoms with van der Waals surface area (Å²) in [5.41, 5.74) is 4.91. The predicted octanol–water partition coefficient (Wildman–Crippen LogP) is 2.95. The van der Waals surface area contributed by atoms with Gasteiger partial charge < -0.3 is 10.5 Å². The van der Waals surface area contributed by atoms with Gasteiger partial charge in [0.25, 0.3) is 0 Å². The first-order valence-corrected chi connectivity index (χ1v) is 10.3. The van der Waals surface area contributed by atoms with E-state index in [-0.39, 0.29) is 21.9 Å². The molecule has 1 heterocycles. The van der Waals surface area contributed by atoms with Gasteiger partial charge in [0.2, 0.25) is 15.9 Å². The van der Waals surface area contributed by atoms with E-state index in [1.165, 1.54) is 24.3 Å². The Bertz CT molecular complexity index is 813. The zero-order valence-corrected chi connectivity index (χ0v) is 16.9. The van der Waals surface area contributed by atoms with Crippen LogP contribution < -0.4 is 5.73 Å². The first kappa shape index (κ1) is 22.9. The number of rotatable bonds is 8. The van der Waals surface area contributed by atoms with Crippen LogP contribution in [0.2, 0.25) is 5.02 Å². The number of ether oxygens (including phenoxy) is 1. The van der Waals surface area contributed by atoms with E-state index in [0.717, 1.165) is 4.31 Å². The van der Waals surface area contributed by atoms with Crippen molar-refractivity contribution in [3.05, 3.63) is 29.3 Å². The van der Waals surface area contributed by atoms with Crippen LogP contribution in [0.3, 0.4) is 0 Å². The molecule has 0 aromatic heterocycles. The Morgan fingerprint density at radius 2 is 1.93 bits per heavy atom. The molecule has 158 valence electrons. The summed E-state index contributed by atoms with van der Waals surface area (Å²) < 4.78 is 70.5. The number of amides is 1. The van der Waals surface area contributed by atoms with Crippen molar-refractivity contribution in [1.82, 2.24) is 4.31 Å². The van der Waals surface area contributed by atoms with Crippen molar-refractivity contribution in [2.24, 2.45) is 11.1 Å². The molecule has 2 atom stereocenters. The van der Waals surface area contributed by atoms with Crippen molar-refractivity contribution in [2.75, 3.05) is 13.2 Å². The van der Waals surface area contributed by atoms with Crippen molar-refractivity contribution < 1.29 is 31.1 Å². The fraction of sp³-hybridized carbons (Fsp3) is 0.588. The van der Waals surface area contributed by atoms with Crippen LogP contribution in [0.15, 0.2) is 29.2 Å². The monoisotopic (exact) mass is 442 g/mol. The fourth-order valence-electron chi connectivity index (χ4n) is 2.86. The molecule has 0 bridgehead atoms. The molecule has 2 rings (SSSR count). The second-order valence-electron chi connectivity index (χ2n) is 7.39. The summed E-state index contributed by atoms with van der Waals surface area (Å²) in [6.07, 6.45) is -7.27. The van der Waals surface area contributed by atoms with E-state index < -0.39 is 47.1 Å². The highest BCUT2D eigenvalue weighted by atomic mass is 35.5. The molecule has 0 radical (unpaired) electrons. The van der Waals surface area contributed by atoms with Crippen LogP contribution in [0.25, 0.3) is 0 Å². The quantitative estimate of drug-likeness (QED) is 0.670. The number of nitrogens with two attached hydrogens (primary N) is 1. The van der Waals surface area contributed by atoms with Crippen molar-refractivity contribution in [2.45, 2.75) is 49.9 Å². The molecule has 1 amide bonds. The summed E-state index contributed by atoms with van der Waals surface area (Å²) in [5, 5.41) is 0.289. The molecule has 0 unspecified atom stereocenters. The molecule has 1 aromatic rings. The standard InChI is InChI=1S/C17H22ClF3N2O4S/c1-16(2)10-27-14(16)9-23(13(15(22)24)7-8-17(19,20)21)28(25,26)12-5-3-11(18)4-6-12/h3-6,13-14H,7-10H2,1-2H3,(H2,22,24)/t13-,14-/m1/s1. The molecule has 0 spiro atoms. The lowest BCUT2D eigenvalue weighted by atomic mass is 9.82. The minimum Gasteiger partial charge on any atom is -0.376 e. The Morgan fingerprint density at radius 3 is 2.32 bits per heavy atom. The van der Waals surface area contributed by atoms with Crippen molar-refractivity contribution in [3.63, 3.8) is 0 Å². The molecule has 1 aliphatic rings. The first-order valence-electron chi connectivity index (χ1n) is 8.49. The number of alkyl halides is 3. The molecular formula is C17H22ClF3N2O4S. The van der Waals surface area contributed by atoms with Gasteiger partial charge in [-0.2, -0.15) is 17.5 Å². The number of halogens is 4. The summed E-state index contributed by atoms with van der Waals surface area (Å²) in [6.45, 7) is 3.76. The second kappa shape index (κ2) is 8.17. The maximum atomic E-state index is 13.1. The van der Waals surface area contributed by atoms with Gasteiger partial charge in [0, 0.05) is 23.4 Å². The van der Waals surface area contributed by atoms with Gasteiger partial charge in [-0.05, 0) is 30.7 Å². The number of benzene rings is 1. The van der Waals surface area contributed by atoms with Gasteiger partial charge in [-0.25, -0.2) is 8.42 Å². The molecule has 0 saturated carbocycles. The van der Waals surface area contributed by atoms with Crippen LogP contribution in [0.4, 0.5) is 13.2 Å². The molecule has 11 heteroatoms.